The maximum Gasteiger partial charge on any atom is 0.405 e. The summed E-state index contributed by atoms with van der Waals surface area (Å²) in [6, 6.07) is -1.76. The molecule has 1 unspecified atom stereocenters. The number of hydrogen-bond donors (Lipinski definition) is 2. The molecule has 0 aromatic rings. The maximum absolute atomic E-state index is 13.2. The van der Waals surface area contributed by atoms with Crippen molar-refractivity contribution in [2.45, 2.75) is 44.3 Å². The average Bonchev–Trinajstić information content (AvgIpc) is 2.47. The second-order valence-electron chi connectivity index (χ2n) is 6.48. The molecule has 2 aliphatic rings. The van der Waals surface area contributed by atoms with E-state index in [1.165, 1.54) is 4.90 Å². The molecule has 1 saturated carbocycles. The molecule has 2 fully saturated rings. The molecule has 1 aliphatic heterocycles. The molecular weight excluding hydrogens is 367 g/mol. The van der Waals surface area contributed by atoms with Gasteiger partial charge in [-0.05, 0) is 18.8 Å². The number of sulfonamides is 1. The first-order chi connectivity index (χ1) is 10.8. The molecule has 24 heavy (non-hydrogen) atoms. The zero-order valence-corrected chi connectivity index (χ0v) is 15.3. The van der Waals surface area contributed by atoms with Gasteiger partial charge in [0.15, 0.2) is 0 Å². The fourth-order valence-corrected chi connectivity index (χ4v) is 4.86. The molecule has 1 saturated heterocycles. The Labute approximate surface area is 148 Å². The van der Waals surface area contributed by atoms with Crippen LogP contribution in [0.5, 0.6) is 0 Å². The highest BCUT2D eigenvalue weighted by molar-refractivity contribution is 7.89. The lowest BCUT2D eigenvalue weighted by atomic mass is 9.91. The van der Waals surface area contributed by atoms with Gasteiger partial charge in [0.1, 0.15) is 6.04 Å². The molecule has 5 nitrogen and oxygen atoms in total. The molecule has 2 N–H and O–H groups in total. The normalized spacial score (nSPS) is 22.8. The van der Waals surface area contributed by atoms with E-state index in [1.54, 1.807) is 0 Å². The van der Waals surface area contributed by atoms with E-state index in [1.807, 2.05) is 0 Å². The van der Waals surface area contributed by atoms with Crippen LogP contribution in [0, 0.1) is 5.92 Å². The predicted octanol–water partition coefficient (Wildman–Crippen LogP) is 1.74. The Bertz CT molecular complexity index is 464. The fraction of sp³-hybridized carbons (Fsp3) is 1.00. The number of halogens is 4. The highest BCUT2D eigenvalue weighted by Gasteiger charge is 2.44. The molecule has 0 aromatic carbocycles. The summed E-state index contributed by atoms with van der Waals surface area (Å²) in [7, 11) is -3.67. The largest absolute Gasteiger partial charge is 0.405 e. The Morgan fingerprint density at radius 1 is 1.12 bits per heavy atom. The number of hydrogen-bond acceptors (Lipinski definition) is 4. The summed E-state index contributed by atoms with van der Waals surface area (Å²) in [5.74, 6) is 0.0174. The van der Waals surface area contributed by atoms with Crippen LogP contribution < -0.4 is 10.0 Å². The summed E-state index contributed by atoms with van der Waals surface area (Å²) in [5, 5.41) is 3.00. The second kappa shape index (κ2) is 9.56. The third-order valence-corrected chi connectivity index (χ3v) is 6.16. The molecule has 0 bridgehead atoms. The Morgan fingerprint density at radius 3 is 2.25 bits per heavy atom. The molecule has 0 radical (unpaired) electrons. The van der Waals surface area contributed by atoms with Crippen LogP contribution in [0.1, 0.15) is 32.1 Å². The minimum atomic E-state index is -4.44. The number of piperazine rings is 1. The van der Waals surface area contributed by atoms with Crippen molar-refractivity contribution >= 4 is 22.4 Å². The third kappa shape index (κ3) is 7.03. The summed E-state index contributed by atoms with van der Waals surface area (Å²) >= 11 is 0. The molecule has 1 atom stereocenters. The quantitative estimate of drug-likeness (QED) is 0.721. The third-order valence-electron chi connectivity index (χ3n) is 4.65. The molecule has 0 amide bonds. The lowest BCUT2D eigenvalue weighted by molar-refractivity contribution is -0.182. The van der Waals surface area contributed by atoms with E-state index in [9.17, 15) is 21.6 Å². The molecular formula is C14H27ClF3N3O2S. The van der Waals surface area contributed by atoms with Crippen LogP contribution >= 0.6 is 12.4 Å². The van der Waals surface area contributed by atoms with Crippen molar-refractivity contribution in [1.29, 1.82) is 0 Å². The van der Waals surface area contributed by atoms with E-state index in [-0.39, 0.29) is 37.2 Å². The molecule has 144 valence electrons. The van der Waals surface area contributed by atoms with Gasteiger partial charge < -0.3 is 5.32 Å². The van der Waals surface area contributed by atoms with E-state index in [2.05, 4.69) is 10.0 Å². The molecule has 10 heteroatoms. The van der Waals surface area contributed by atoms with Crippen LogP contribution in [0.25, 0.3) is 0 Å². The molecule has 2 rings (SSSR count). The van der Waals surface area contributed by atoms with Gasteiger partial charge in [0, 0.05) is 32.7 Å². The summed E-state index contributed by atoms with van der Waals surface area (Å²) in [6.45, 7) is 0.921. The van der Waals surface area contributed by atoms with Crippen LogP contribution in [-0.4, -0.2) is 64.0 Å². The zero-order valence-electron chi connectivity index (χ0n) is 13.6. The van der Waals surface area contributed by atoms with Gasteiger partial charge in [-0.3, -0.25) is 4.90 Å². The maximum atomic E-state index is 13.2. The standard InChI is InChI=1S/C14H26F3N3O2S.ClH/c15-14(16,17)13(20-8-6-18-7-9-20)10-19-23(21,22)11-12-4-2-1-3-5-12;/h12-13,18-19H,1-11H2;1H. The lowest BCUT2D eigenvalue weighted by Gasteiger charge is -2.36. The van der Waals surface area contributed by atoms with Gasteiger partial charge in [-0.15, -0.1) is 12.4 Å². The highest BCUT2D eigenvalue weighted by atomic mass is 35.5. The van der Waals surface area contributed by atoms with E-state index in [0.29, 0.717) is 13.1 Å². The van der Waals surface area contributed by atoms with Gasteiger partial charge in [-0.25, -0.2) is 13.1 Å². The van der Waals surface area contributed by atoms with Gasteiger partial charge in [0.2, 0.25) is 10.0 Å². The number of nitrogens with zero attached hydrogens (tertiary/aromatic N) is 1. The molecule has 1 heterocycles. The Hall–Kier alpha value is -0.0900. The molecule has 1 aliphatic carbocycles. The number of rotatable bonds is 6. The van der Waals surface area contributed by atoms with E-state index in [0.717, 1.165) is 32.1 Å². The number of alkyl halides is 3. The summed E-state index contributed by atoms with van der Waals surface area (Å²) in [5.41, 5.74) is 0. The first-order valence-electron chi connectivity index (χ1n) is 8.27. The van der Waals surface area contributed by atoms with Gasteiger partial charge in [-0.2, -0.15) is 13.2 Å². The van der Waals surface area contributed by atoms with Crippen molar-refractivity contribution in [3.8, 4) is 0 Å². The minimum Gasteiger partial charge on any atom is -0.314 e. The van der Waals surface area contributed by atoms with Crippen molar-refractivity contribution in [3.63, 3.8) is 0 Å². The Balaban J connectivity index is 0.00000288. The summed E-state index contributed by atoms with van der Waals surface area (Å²) in [6.07, 6.45) is 0.384. The van der Waals surface area contributed by atoms with Crippen LogP contribution in [0.2, 0.25) is 0 Å². The second-order valence-corrected chi connectivity index (χ2v) is 8.33. The highest BCUT2D eigenvalue weighted by Crippen LogP contribution is 2.26. The smallest absolute Gasteiger partial charge is 0.314 e. The topological polar surface area (TPSA) is 61.4 Å². The summed E-state index contributed by atoms with van der Waals surface area (Å²) in [4.78, 5) is 1.31. The van der Waals surface area contributed by atoms with Crippen LogP contribution in [0.15, 0.2) is 0 Å². The van der Waals surface area contributed by atoms with Crippen molar-refractivity contribution in [1.82, 2.24) is 14.9 Å². The summed E-state index contributed by atoms with van der Waals surface area (Å²) < 4.78 is 66.1. The number of nitrogens with one attached hydrogen (secondary N) is 2. The Morgan fingerprint density at radius 2 is 1.71 bits per heavy atom. The van der Waals surface area contributed by atoms with Crippen molar-refractivity contribution in [3.05, 3.63) is 0 Å². The van der Waals surface area contributed by atoms with Crippen molar-refractivity contribution < 1.29 is 21.6 Å². The van der Waals surface area contributed by atoms with Gasteiger partial charge in [0.05, 0.1) is 5.75 Å². The van der Waals surface area contributed by atoms with Crippen molar-refractivity contribution in [2.75, 3.05) is 38.5 Å². The van der Waals surface area contributed by atoms with Crippen LogP contribution in [0.3, 0.4) is 0 Å². The lowest BCUT2D eigenvalue weighted by Crippen LogP contribution is -2.57. The average molecular weight is 394 g/mol. The fourth-order valence-electron chi connectivity index (χ4n) is 3.37. The van der Waals surface area contributed by atoms with Crippen LogP contribution in [0.4, 0.5) is 13.2 Å². The Kier molecular flexibility index (Phi) is 8.75. The molecule has 0 spiro atoms. The van der Waals surface area contributed by atoms with E-state index in [4.69, 9.17) is 0 Å². The monoisotopic (exact) mass is 393 g/mol. The van der Waals surface area contributed by atoms with Gasteiger partial charge in [0.25, 0.3) is 0 Å². The van der Waals surface area contributed by atoms with E-state index < -0.39 is 28.8 Å². The zero-order chi connectivity index (χ0) is 16.9. The minimum absolute atomic E-state index is 0. The first kappa shape index (κ1) is 22.0. The molecule has 0 aromatic heterocycles. The van der Waals surface area contributed by atoms with Gasteiger partial charge >= 0.3 is 6.18 Å². The van der Waals surface area contributed by atoms with Gasteiger partial charge in [-0.1, -0.05) is 19.3 Å². The van der Waals surface area contributed by atoms with Crippen molar-refractivity contribution in [2.24, 2.45) is 5.92 Å². The van der Waals surface area contributed by atoms with Crippen LogP contribution in [-0.2, 0) is 10.0 Å². The predicted molar refractivity (Wildman–Crippen MR) is 89.9 cm³/mol. The van der Waals surface area contributed by atoms with E-state index >= 15 is 0 Å². The first-order valence-corrected chi connectivity index (χ1v) is 9.92. The SMILES string of the molecule is Cl.O=S(=O)(CC1CCCCC1)NCC(N1CCNCC1)C(F)(F)F.